The molecule has 11 nitrogen and oxygen atoms in total. The van der Waals surface area contributed by atoms with Crippen molar-refractivity contribution in [1.29, 1.82) is 0 Å². The number of hydrogen-bond donors (Lipinski definition) is 2. The Kier molecular flexibility index (Phi) is 9.08. The van der Waals surface area contributed by atoms with Crippen molar-refractivity contribution in [2.75, 3.05) is 31.6 Å². The number of nitrogens with zero attached hydrogens (tertiary/aromatic N) is 6. The molecular weight excluding hydrogens is 615 g/mol. The summed E-state index contributed by atoms with van der Waals surface area (Å²) < 4.78 is 21.9. The van der Waals surface area contributed by atoms with Gasteiger partial charge in [-0.05, 0) is 5.92 Å². The molecule has 0 aromatic carbocycles. The van der Waals surface area contributed by atoms with E-state index in [1.807, 2.05) is 0 Å². The van der Waals surface area contributed by atoms with Crippen LogP contribution in [0.25, 0.3) is 22.2 Å². The van der Waals surface area contributed by atoms with Gasteiger partial charge in [0.15, 0.2) is 5.65 Å². The molecule has 0 bridgehead atoms. The summed E-state index contributed by atoms with van der Waals surface area (Å²) in [7, 11) is 0. The second-order valence-electron chi connectivity index (χ2n) is 8.55. The molecule has 2 N–H and O–H groups in total. The Morgan fingerprint density at radius 1 is 1.26 bits per heavy atom. The minimum atomic E-state index is 0.0578. The first-order chi connectivity index (χ1) is 16.8. The molecular formula is C22H30N8O3Os-2. The van der Waals surface area contributed by atoms with Crippen LogP contribution in [-0.2, 0) is 26.8 Å². The summed E-state index contributed by atoms with van der Waals surface area (Å²) >= 11 is 0.611. The topological polar surface area (TPSA) is 133 Å². The fourth-order valence-electron chi connectivity index (χ4n) is 3.85. The molecule has 5 heterocycles. The van der Waals surface area contributed by atoms with Crippen molar-refractivity contribution in [3.8, 4) is 17.1 Å². The molecule has 3 fully saturated rings. The molecule has 0 amide bonds. The summed E-state index contributed by atoms with van der Waals surface area (Å²) in [5, 5.41) is 19.6. The predicted octanol–water partition coefficient (Wildman–Crippen LogP) is 3.13. The number of ether oxygens (including phenoxy) is 2. The quantitative estimate of drug-likeness (QED) is 0.405. The van der Waals surface area contributed by atoms with Gasteiger partial charge in [-0.2, -0.15) is 14.6 Å². The Morgan fingerprint density at radius 2 is 2.06 bits per heavy atom. The summed E-state index contributed by atoms with van der Waals surface area (Å²) in [6.45, 7) is 5.34. The standard InChI is InChI=1S/C19H25N8O2.C3H5.O.Os/c1-12-8-20-5-2-15(12)24-19-25-16-11-21-17(13-9-22-23-10-13)18(27(16)26-19)29-14-3-6-28-7-4-14;1-2-3-1;;/h9-12,14-15H,2-8H2,1H3,(H,22,23)(H,24,26);1H,2-3H2;;/q2*-1;;/t12-,15+;;;/m1.../s1. The Hall–Kier alpha value is -2.28. The van der Waals surface area contributed by atoms with Crippen LogP contribution in [0.15, 0.2) is 18.6 Å². The number of fused-ring (bicyclic) bond motifs is 1. The number of aromatic amines is 1. The van der Waals surface area contributed by atoms with Gasteiger partial charge < -0.3 is 26.5 Å². The zero-order valence-electron chi connectivity index (χ0n) is 19.2. The van der Waals surface area contributed by atoms with Gasteiger partial charge in [0.05, 0.1) is 25.6 Å². The minimum absolute atomic E-state index is 0.0578. The van der Waals surface area contributed by atoms with Crippen LogP contribution in [0.3, 0.4) is 0 Å². The monoisotopic (exact) mass is 646 g/mol. The van der Waals surface area contributed by atoms with E-state index < -0.39 is 0 Å². The van der Waals surface area contributed by atoms with E-state index in [1.165, 1.54) is 12.8 Å². The summed E-state index contributed by atoms with van der Waals surface area (Å²) in [6.07, 6.45) is 13.0. The van der Waals surface area contributed by atoms with Crippen LogP contribution in [0.2, 0.25) is 0 Å². The van der Waals surface area contributed by atoms with Crippen molar-refractivity contribution in [2.45, 2.75) is 51.2 Å². The SMILES string of the molecule is C[C@@H]1C[N-]CC[C@@H]1Nc1nc2cnc(-c3cn[nH]c3)c(OC3CCOCC3)n2n1.[CH-]1CC1.[O]=[Os]. The molecule has 34 heavy (non-hydrogen) atoms. The third-order valence-electron chi connectivity index (χ3n) is 5.86. The van der Waals surface area contributed by atoms with Crippen molar-refractivity contribution < 1.29 is 31.6 Å². The molecule has 3 aliphatic rings. The van der Waals surface area contributed by atoms with E-state index in [-0.39, 0.29) is 6.10 Å². The number of aromatic nitrogens is 6. The maximum atomic E-state index is 8.28. The number of anilines is 1. The number of nitrogens with one attached hydrogen (secondary N) is 2. The molecule has 2 aliphatic heterocycles. The van der Waals surface area contributed by atoms with E-state index in [0.29, 0.717) is 66.9 Å². The number of hydrogen-bond acceptors (Lipinski definition) is 8. The predicted molar refractivity (Wildman–Crippen MR) is 121 cm³/mol. The van der Waals surface area contributed by atoms with Gasteiger partial charge in [-0.1, -0.05) is 13.3 Å². The third-order valence-corrected chi connectivity index (χ3v) is 5.86. The molecule has 0 radical (unpaired) electrons. The summed E-state index contributed by atoms with van der Waals surface area (Å²) in [6, 6.07) is 0.311. The summed E-state index contributed by atoms with van der Waals surface area (Å²) in [5.74, 6) is 1.63. The first-order valence-electron chi connectivity index (χ1n) is 11.6. The fourth-order valence-corrected chi connectivity index (χ4v) is 3.85. The number of H-pyrrole nitrogens is 1. The second-order valence-corrected chi connectivity index (χ2v) is 8.55. The van der Waals surface area contributed by atoms with E-state index in [4.69, 9.17) is 18.1 Å². The van der Waals surface area contributed by atoms with E-state index in [9.17, 15) is 0 Å². The zero-order chi connectivity index (χ0) is 23.8. The first kappa shape index (κ1) is 24.8. The normalized spacial score (nSPS) is 22.2. The molecule has 2 atom stereocenters. The van der Waals surface area contributed by atoms with E-state index in [1.54, 1.807) is 23.1 Å². The molecule has 1 saturated carbocycles. The Balaban J connectivity index is 0.000000498. The fraction of sp³-hybridized carbons (Fsp3) is 0.591. The van der Waals surface area contributed by atoms with Crippen LogP contribution in [0, 0.1) is 12.3 Å². The molecule has 186 valence electrons. The van der Waals surface area contributed by atoms with Crippen LogP contribution < -0.4 is 10.1 Å². The van der Waals surface area contributed by atoms with Gasteiger partial charge in [-0.25, -0.2) is 17.8 Å². The molecule has 12 heteroatoms. The Morgan fingerprint density at radius 3 is 2.74 bits per heavy atom. The summed E-state index contributed by atoms with van der Waals surface area (Å²) in [4.78, 5) is 9.24. The average Bonchev–Trinajstić information content (AvgIpc) is 3.55. The number of rotatable bonds is 5. The van der Waals surface area contributed by atoms with Gasteiger partial charge in [0.25, 0.3) is 0 Å². The van der Waals surface area contributed by atoms with Crippen LogP contribution >= 0.6 is 0 Å². The van der Waals surface area contributed by atoms with Crippen molar-refractivity contribution in [2.24, 2.45) is 5.92 Å². The van der Waals surface area contributed by atoms with Crippen LogP contribution in [0.4, 0.5) is 5.95 Å². The van der Waals surface area contributed by atoms with Gasteiger partial charge in [0.1, 0.15) is 11.8 Å². The molecule has 1 aliphatic carbocycles. The maximum absolute atomic E-state index is 8.28. The van der Waals surface area contributed by atoms with Crippen LogP contribution in [0.5, 0.6) is 5.88 Å². The Labute approximate surface area is 209 Å². The first-order valence-corrected chi connectivity index (χ1v) is 12.7. The van der Waals surface area contributed by atoms with Crippen molar-refractivity contribution in [3.63, 3.8) is 0 Å². The van der Waals surface area contributed by atoms with E-state index in [0.717, 1.165) is 37.9 Å². The zero-order valence-corrected chi connectivity index (χ0v) is 21.7. The summed E-state index contributed by atoms with van der Waals surface area (Å²) in [5.41, 5.74) is 2.19. The van der Waals surface area contributed by atoms with Crippen molar-refractivity contribution in [1.82, 2.24) is 29.8 Å². The third kappa shape index (κ3) is 6.43. The molecule has 0 unspecified atom stereocenters. The Bertz CT molecular complexity index is 1020. The van der Waals surface area contributed by atoms with Crippen molar-refractivity contribution >= 4 is 11.6 Å². The van der Waals surface area contributed by atoms with Gasteiger partial charge in [0.2, 0.25) is 11.8 Å². The molecule has 6 rings (SSSR count). The van der Waals surface area contributed by atoms with E-state index in [2.05, 4.69) is 44.1 Å². The van der Waals surface area contributed by atoms with E-state index >= 15 is 0 Å². The molecule has 3 aromatic heterocycles. The van der Waals surface area contributed by atoms with Crippen molar-refractivity contribution in [3.05, 3.63) is 30.3 Å². The number of piperidine rings is 1. The van der Waals surface area contributed by atoms with Crippen LogP contribution in [-0.4, -0.2) is 68.2 Å². The van der Waals surface area contributed by atoms with Gasteiger partial charge >= 0.3 is 22.1 Å². The average molecular weight is 645 g/mol. The van der Waals surface area contributed by atoms with Gasteiger partial charge in [0, 0.05) is 30.6 Å². The molecule has 0 spiro atoms. The second kappa shape index (κ2) is 12.4. The molecule has 3 aromatic rings. The van der Waals surface area contributed by atoms with Gasteiger partial charge in [-0.3, -0.25) is 5.10 Å². The van der Waals surface area contributed by atoms with Gasteiger partial charge in [-0.15, -0.1) is 18.2 Å². The molecule has 2 saturated heterocycles. The van der Waals surface area contributed by atoms with Crippen LogP contribution in [0.1, 0.15) is 39.0 Å².